The second-order valence-corrected chi connectivity index (χ2v) is 8.34. The summed E-state index contributed by atoms with van der Waals surface area (Å²) in [7, 11) is -2.11. The van der Waals surface area contributed by atoms with Crippen LogP contribution in [0.1, 0.15) is 30.9 Å². The molecule has 7 heteroatoms. The van der Waals surface area contributed by atoms with Gasteiger partial charge in [0.25, 0.3) is 0 Å². The number of amides is 1. The molecule has 1 heterocycles. The van der Waals surface area contributed by atoms with E-state index in [0.717, 1.165) is 11.3 Å². The fourth-order valence-corrected chi connectivity index (χ4v) is 4.13. The third-order valence-corrected chi connectivity index (χ3v) is 6.29. The molecular formula is C19H22N2O4S. The van der Waals surface area contributed by atoms with Gasteiger partial charge in [0.15, 0.2) is 0 Å². The Morgan fingerprint density at radius 1 is 1.15 bits per heavy atom. The molecule has 2 aromatic carbocycles. The Hall–Kier alpha value is -2.38. The molecule has 138 valence electrons. The minimum atomic E-state index is -3.66. The van der Waals surface area contributed by atoms with Gasteiger partial charge in [0.2, 0.25) is 15.9 Å². The number of ether oxygens (including phenoxy) is 1. The molecule has 1 aliphatic heterocycles. The molecule has 1 amide bonds. The third-order valence-electron chi connectivity index (χ3n) is 4.49. The van der Waals surface area contributed by atoms with Crippen molar-refractivity contribution in [3.63, 3.8) is 0 Å². The van der Waals surface area contributed by atoms with Crippen molar-refractivity contribution in [3.05, 3.63) is 53.6 Å². The monoisotopic (exact) mass is 374 g/mol. The van der Waals surface area contributed by atoms with Crippen molar-refractivity contribution < 1.29 is 17.9 Å². The van der Waals surface area contributed by atoms with Crippen LogP contribution in [-0.2, 0) is 21.4 Å². The summed E-state index contributed by atoms with van der Waals surface area (Å²) in [6.07, 6.45) is 0. The number of fused-ring (bicyclic) bond motifs is 1. The smallest absolute Gasteiger partial charge is 0.243 e. The number of nitrogens with one attached hydrogen (secondary N) is 1. The molecule has 0 spiro atoms. The van der Waals surface area contributed by atoms with E-state index in [-0.39, 0.29) is 23.3 Å². The van der Waals surface area contributed by atoms with Crippen LogP contribution < -0.4 is 10.1 Å². The summed E-state index contributed by atoms with van der Waals surface area (Å²) in [4.78, 5) is 11.9. The lowest BCUT2D eigenvalue weighted by atomic mass is 10.0. The van der Waals surface area contributed by atoms with Crippen molar-refractivity contribution in [2.24, 2.45) is 0 Å². The maximum absolute atomic E-state index is 12.9. The van der Waals surface area contributed by atoms with Crippen molar-refractivity contribution in [3.8, 4) is 5.75 Å². The maximum atomic E-state index is 12.9. The van der Waals surface area contributed by atoms with Crippen LogP contribution in [0, 0.1) is 0 Å². The fourth-order valence-electron chi connectivity index (χ4n) is 2.94. The number of carbonyl (C=O) groups excluding carboxylic acids is 1. The molecule has 0 radical (unpaired) electrons. The van der Waals surface area contributed by atoms with Gasteiger partial charge >= 0.3 is 0 Å². The highest BCUT2D eigenvalue weighted by atomic mass is 32.2. The zero-order valence-electron chi connectivity index (χ0n) is 15.0. The number of hydrogen-bond acceptors (Lipinski definition) is 4. The van der Waals surface area contributed by atoms with E-state index in [1.165, 1.54) is 10.4 Å². The molecule has 0 saturated carbocycles. The average Bonchev–Trinajstić information content (AvgIpc) is 2.90. The fraction of sp³-hybridized carbons (Fsp3) is 0.316. The first-order chi connectivity index (χ1) is 12.3. The average molecular weight is 374 g/mol. The zero-order valence-corrected chi connectivity index (χ0v) is 15.8. The molecule has 0 bridgehead atoms. The van der Waals surface area contributed by atoms with Crippen LogP contribution in [0.2, 0.25) is 0 Å². The van der Waals surface area contributed by atoms with Crippen LogP contribution in [-0.4, -0.2) is 32.3 Å². The summed E-state index contributed by atoms with van der Waals surface area (Å²) in [5.41, 5.74) is 2.26. The molecule has 0 aromatic heterocycles. The molecular weight excluding hydrogens is 352 g/mol. The minimum absolute atomic E-state index is 0.114. The second kappa shape index (κ2) is 7.09. The van der Waals surface area contributed by atoms with Crippen molar-refractivity contribution in [2.45, 2.75) is 31.2 Å². The quantitative estimate of drug-likeness (QED) is 0.843. The predicted octanol–water partition coefficient (Wildman–Crippen LogP) is 2.96. The highest BCUT2D eigenvalue weighted by molar-refractivity contribution is 7.89. The first-order valence-corrected chi connectivity index (χ1v) is 9.90. The standard InChI is InChI=1S/C19H22N2O4S/c1-4-25-15-7-5-14(6-8-15)12-21(3)26(23,24)16-9-10-18-17(11-16)13(2)19(22)20-18/h5-11,13H,4,12H2,1-3H3,(H,20,22)/t13-/m1/s1. The summed E-state index contributed by atoms with van der Waals surface area (Å²) in [5.74, 6) is 0.292. The van der Waals surface area contributed by atoms with E-state index in [2.05, 4.69) is 5.32 Å². The highest BCUT2D eigenvalue weighted by Gasteiger charge is 2.29. The maximum Gasteiger partial charge on any atom is 0.243 e. The minimum Gasteiger partial charge on any atom is -0.494 e. The van der Waals surface area contributed by atoms with E-state index in [4.69, 9.17) is 4.74 Å². The van der Waals surface area contributed by atoms with Crippen LogP contribution >= 0.6 is 0 Å². The molecule has 6 nitrogen and oxygen atoms in total. The number of benzene rings is 2. The number of nitrogens with zero attached hydrogens (tertiary/aromatic N) is 1. The number of rotatable bonds is 6. The Morgan fingerprint density at radius 2 is 1.85 bits per heavy atom. The van der Waals surface area contributed by atoms with Crippen LogP contribution in [0.4, 0.5) is 5.69 Å². The van der Waals surface area contributed by atoms with Gasteiger partial charge in [-0.1, -0.05) is 12.1 Å². The summed E-state index contributed by atoms with van der Waals surface area (Å²) in [5, 5.41) is 2.75. The highest BCUT2D eigenvalue weighted by Crippen LogP contribution is 2.34. The Kier molecular flexibility index (Phi) is 5.02. The molecule has 1 N–H and O–H groups in total. The second-order valence-electron chi connectivity index (χ2n) is 6.30. The molecule has 3 rings (SSSR count). The molecule has 1 atom stereocenters. The Balaban J connectivity index is 1.80. The van der Waals surface area contributed by atoms with Gasteiger partial charge in [-0.3, -0.25) is 4.79 Å². The topological polar surface area (TPSA) is 75.7 Å². The van der Waals surface area contributed by atoms with Crippen LogP contribution in [0.3, 0.4) is 0 Å². The first-order valence-electron chi connectivity index (χ1n) is 8.46. The summed E-state index contributed by atoms with van der Waals surface area (Å²) >= 11 is 0. The van der Waals surface area contributed by atoms with Crippen LogP contribution in [0.25, 0.3) is 0 Å². The molecule has 0 fully saturated rings. The van der Waals surface area contributed by atoms with E-state index in [9.17, 15) is 13.2 Å². The number of anilines is 1. The Morgan fingerprint density at radius 3 is 2.50 bits per heavy atom. The largest absolute Gasteiger partial charge is 0.494 e. The van der Waals surface area contributed by atoms with Gasteiger partial charge in [0.05, 0.1) is 17.4 Å². The van der Waals surface area contributed by atoms with Crippen molar-refractivity contribution in [2.75, 3.05) is 19.0 Å². The Bertz CT molecular complexity index is 923. The Labute approximate surface area is 153 Å². The lowest BCUT2D eigenvalue weighted by Crippen LogP contribution is -2.26. The van der Waals surface area contributed by atoms with Gasteiger partial charge in [0, 0.05) is 19.3 Å². The summed E-state index contributed by atoms with van der Waals surface area (Å²) < 4.78 is 32.5. The zero-order chi connectivity index (χ0) is 18.9. The number of sulfonamides is 1. The molecule has 26 heavy (non-hydrogen) atoms. The van der Waals surface area contributed by atoms with Crippen molar-refractivity contribution >= 4 is 21.6 Å². The van der Waals surface area contributed by atoms with E-state index in [1.807, 2.05) is 31.2 Å². The van der Waals surface area contributed by atoms with E-state index < -0.39 is 10.0 Å². The first kappa shape index (κ1) is 18.4. The molecule has 1 aliphatic rings. The molecule has 0 saturated heterocycles. The van der Waals surface area contributed by atoms with Gasteiger partial charge in [0.1, 0.15) is 5.75 Å². The van der Waals surface area contributed by atoms with Crippen molar-refractivity contribution in [1.29, 1.82) is 0 Å². The van der Waals surface area contributed by atoms with Crippen molar-refractivity contribution in [1.82, 2.24) is 4.31 Å². The number of carbonyl (C=O) groups is 1. The van der Waals surface area contributed by atoms with E-state index in [0.29, 0.717) is 17.9 Å². The van der Waals surface area contributed by atoms with Crippen LogP contribution in [0.15, 0.2) is 47.4 Å². The summed E-state index contributed by atoms with van der Waals surface area (Å²) in [6, 6.07) is 12.1. The van der Waals surface area contributed by atoms with Gasteiger partial charge < -0.3 is 10.1 Å². The molecule has 0 unspecified atom stereocenters. The lowest BCUT2D eigenvalue weighted by molar-refractivity contribution is -0.116. The van der Waals surface area contributed by atoms with Crippen LogP contribution in [0.5, 0.6) is 5.75 Å². The number of hydrogen-bond donors (Lipinski definition) is 1. The normalized spacial score (nSPS) is 16.5. The van der Waals surface area contributed by atoms with Gasteiger partial charge in [-0.15, -0.1) is 0 Å². The van der Waals surface area contributed by atoms with Gasteiger partial charge in [-0.2, -0.15) is 4.31 Å². The van der Waals surface area contributed by atoms with E-state index >= 15 is 0 Å². The summed E-state index contributed by atoms with van der Waals surface area (Å²) in [6.45, 7) is 4.51. The van der Waals surface area contributed by atoms with E-state index in [1.54, 1.807) is 26.1 Å². The SMILES string of the molecule is CCOc1ccc(CN(C)S(=O)(=O)c2ccc3c(c2)[C@@H](C)C(=O)N3)cc1. The molecule has 0 aliphatic carbocycles. The lowest BCUT2D eigenvalue weighted by Gasteiger charge is -2.18. The predicted molar refractivity (Wildman–Crippen MR) is 99.8 cm³/mol. The molecule has 2 aromatic rings. The van der Waals surface area contributed by atoms with Gasteiger partial charge in [-0.25, -0.2) is 8.42 Å². The van der Waals surface area contributed by atoms with Gasteiger partial charge in [-0.05, 0) is 55.3 Å². The third kappa shape index (κ3) is 3.45.